The number of hydrogen-bond acceptors (Lipinski definition) is 5. The lowest BCUT2D eigenvalue weighted by Crippen LogP contribution is -2.67. The van der Waals surface area contributed by atoms with E-state index in [9.17, 15) is 9.59 Å². The molecule has 0 spiro atoms. The summed E-state index contributed by atoms with van der Waals surface area (Å²) in [6.45, 7) is 22.8. The second-order valence-electron chi connectivity index (χ2n) is 17.7. The number of unbranched alkanes of at least 4 members (excludes halogenated alkanes) is 2. The van der Waals surface area contributed by atoms with Gasteiger partial charge in [-0.3, -0.25) is 9.59 Å². The van der Waals surface area contributed by atoms with Gasteiger partial charge in [0.1, 0.15) is 0 Å². The molecular weight excluding hydrogens is 536 g/mol. The van der Waals surface area contributed by atoms with Crippen molar-refractivity contribution in [1.82, 2.24) is 0 Å². The predicted molar refractivity (Wildman–Crippen MR) is 171 cm³/mol. The van der Waals surface area contributed by atoms with Crippen molar-refractivity contribution in [2.24, 2.45) is 56.2 Å². The van der Waals surface area contributed by atoms with Gasteiger partial charge in [-0.05, 0) is 129 Å². The number of esters is 2. The molecule has 43 heavy (non-hydrogen) atoms. The molecule has 1 heterocycles. The van der Waals surface area contributed by atoms with E-state index < -0.39 is 5.41 Å². The van der Waals surface area contributed by atoms with Crippen molar-refractivity contribution in [2.45, 2.75) is 152 Å². The van der Waals surface area contributed by atoms with Crippen LogP contribution in [0.5, 0.6) is 0 Å². The van der Waals surface area contributed by atoms with Crippen molar-refractivity contribution in [2.75, 3.05) is 19.8 Å². The Kier molecular flexibility index (Phi) is 8.98. The van der Waals surface area contributed by atoms with E-state index >= 15 is 0 Å². The summed E-state index contributed by atoms with van der Waals surface area (Å²) in [5, 5.41) is 0. The largest absolute Gasteiger partial charge is 0.466 e. The van der Waals surface area contributed by atoms with Crippen LogP contribution in [0.4, 0.5) is 0 Å². The summed E-state index contributed by atoms with van der Waals surface area (Å²) in [7, 11) is 0. The molecule has 4 aliphatic carbocycles. The molecule has 5 heteroatoms. The Morgan fingerprint density at radius 1 is 0.814 bits per heavy atom. The minimum Gasteiger partial charge on any atom is -0.466 e. The molecule has 0 unspecified atom stereocenters. The second kappa shape index (κ2) is 11.6. The van der Waals surface area contributed by atoms with Crippen LogP contribution in [-0.2, 0) is 23.8 Å². The summed E-state index contributed by atoms with van der Waals surface area (Å²) in [4.78, 5) is 27.3. The highest BCUT2D eigenvalue weighted by Crippen LogP contribution is 2.77. The van der Waals surface area contributed by atoms with Gasteiger partial charge < -0.3 is 14.2 Å². The molecule has 1 aliphatic heterocycles. The van der Waals surface area contributed by atoms with Gasteiger partial charge in [-0.1, -0.05) is 61.3 Å². The molecule has 0 aromatic rings. The first-order chi connectivity index (χ1) is 20.1. The fraction of sp³-hybridized carbons (Fsp3) is 0.947. The van der Waals surface area contributed by atoms with Gasteiger partial charge in [-0.25, -0.2) is 0 Å². The fourth-order valence-corrected chi connectivity index (χ4v) is 12.1. The summed E-state index contributed by atoms with van der Waals surface area (Å²) in [5.74, 6) is 1.52. The Morgan fingerprint density at radius 2 is 1.47 bits per heavy atom. The van der Waals surface area contributed by atoms with Crippen LogP contribution in [0.15, 0.2) is 0 Å². The third-order valence-electron chi connectivity index (χ3n) is 14.8. The number of fused-ring (bicyclic) bond motifs is 3. The summed E-state index contributed by atoms with van der Waals surface area (Å²) in [6, 6.07) is 0. The Hall–Kier alpha value is -1.10. The van der Waals surface area contributed by atoms with Crippen molar-refractivity contribution < 1.29 is 23.8 Å². The molecule has 9 atom stereocenters. The van der Waals surface area contributed by atoms with Crippen LogP contribution in [0, 0.1) is 56.2 Å². The predicted octanol–water partition coefficient (Wildman–Crippen LogP) is 9.16. The van der Waals surface area contributed by atoms with E-state index in [0.717, 1.165) is 51.6 Å². The monoisotopic (exact) mass is 600 g/mol. The van der Waals surface area contributed by atoms with Crippen molar-refractivity contribution in [1.29, 1.82) is 0 Å². The molecule has 5 aliphatic rings. The number of carbonyl (C=O) groups is 2. The van der Waals surface area contributed by atoms with Crippen LogP contribution in [0.2, 0.25) is 0 Å². The number of ether oxygens (including phenoxy) is 3. The molecule has 5 fully saturated rings. The number of hydrogen-bond donors (Lipinski definition) is 0. The molecular formula is C38H64O5. The van der Waals surface area contributed by atoms with Gasteiger partial charge >= 0.3 is 11.9 Å². The maximum absolute atomic E-state index is 13.7. The highest BCUT2D eigenvalue weighted by molar-refractivity contribution is 5.77. The molecule has 0 aromatic heterocycles. The molecule has 0 aromatic carbocycles. The van der Waals surface area contributed by atoms with Crippen LogP contribution >= 0.6 is 0 Å². The summed E-state index contributed by atoms with van der Waals surface area (Å²) in [6.07, 6.45) is 14.0. The Balaban J connectivity index is 1.50. The van der Waals surface area contributed by atoms with Crippen molar-refractivity contribution in [3.8, 4) is 0 Å². The highest BCUT2D eigenvalue weighted by Gasteiger charge is 2.72. The first kappa shape index (κ1) is 33.3. The van der Waals surface area contributed by atoms with E-state index in [2.05, 4.69) is 62.3 Å². The average Bonchev–Trinajstić information content (AvgIpc) is 3.27. The quantitative estimate of drug-likeness (QED) is 0.185. The molecule has 1 saturated heterocycles. The zero-order valence-corrected chi connectivity index (χ0v) is 29.2. The third-order valence-corrected chi connectivity index (χ3v) is 14.8. The lowest BCUT2D eigenvalue weighted by molar-refractivity contribution is -0.238. The topological polar surface area (TPSA) is 61.8 Å². The minimum atomic E-state index is -0.664. The molecule has 2 bridgehead atoms. The van der Waals surface area contributed by atoms with Gasteiger partial charge in [0.05, 0.1) is 37.8 Å². The van der Waals surface area contributed by atoms with Gasteiger partial charge in [0.15, 0.2) is 0 Å². The minimum absolute atomic E-state index is 0.0640. The molecule has 0 N–H and O–H groups in total. The molecule has 4 saturated carbocycles. The molecule has 5 rings (SSSR count). The average molecular weight is 601 g/mol. The lowest BCUT2D eigenvalue weighted by Gasteiger charge is -2.72. The van der Waals surface area contributed by atoms with Crippen LogP contribution < -0.4 is 0 Å². The zero-order chi connectivity index (χ0) is 31.5. The number of carbonyl (C=O) groups excluding carboxylic acids is 2. The van der Waals surface area contributed by atoms with Gasteiger partial charge in [0.25, 0.3) is 0 Å². The van der Waals surface area contributed by atoms with E-state index in [1.165, 1.54) is 32.1 Å². The van der Waals surface area contributed by atoms with Crippen molar-refractivity contribution in [3.63, 3.8) is 0 Å². The van der Waals surface area contributed by atoms with Gasteiger partial charge in [-0.2, -0.15) is 0 Å². The Bertz CT molecular complexity index is 1050. The maximum Gasteiger partial charge on any atom is 0.311 e. The normalized spacial score (nSPS) is 43.2. The molecule has 0 radical (unpaired) electrons. The second-order valence-corrected chi connectivity index (χ2v) is 17.7. The van der Waals surface area contributed by atoms with E-state index in [-0.39, 0.29) is 39.5 Å². The van der Waals surface area contributed by atoms with E-state index in [4.69, 9.17) is 14.2 Å². The Morgan fingerprint density at radius 3 is 2.14 bits per heavy atom. The summed E-state index contributed by atoms with van der Waals surface area (Å²) < 4.78 is 18.5. The molecule has 246 valence electrons. The lowest BCUT2D eigenvalue weighted by atomic mass is 9.32. The fourth-order valence-electron chi connectivity index (χ4n) is 12.1. The van der Waals surface area contributed by atoms with E-state index in [1.807, 2.05) is 0 Å². The SMILES string of the molecule is CCCCOC(=O)C[C@]1(C)[C@H]2CC[C@@H]3[C@H]4[C@H]5OC[C@@]4(CCC5(C)C)CC[C@@]3(C)[C@]2(C)CC[C@H]1C(C)(C)C(=O)OCCCC. The third kappa shape index (κ3) is 5.12. The summed E-state index contributed by atoms with van der Waals surface area (Å²) >= 11 is 0. The van der Waals surface area contributed by atoms with Crippen molar-refractivity contribution >= 4 is 11.9 Å². The van der Waals surface area contributed by atoms with Crippen LogP contribution in [-0.4, -0.2) is 37.9 Å². The van der Waals surface area contributed by atoms with Crippen molar-refractivity contribution in [3.05, 3.63) is 0 Å². The van der Waals surface area contributed by atoms with E-state index in [0.29, 0.717) is 48.9 Å². The van der Waals surface area contributed by atoms with Crippen LogP contribution in [0.3, 0.4) is 0 Å². The standard InChI is InChI=1S/C38H64O5/c1-10-12-22-41-29(39)24-35(7)27(34(5,6)32(40)42-23-13-11-2)16-17-37(9)28(35)15-14-26-30-31-33(3,4)18-20-38(30,25-43-31)21-19-36(26,37)8/h26-28,30-31H,10-25H2,1-9H3/t26-,27+,28-,30+,31-,35+,36-,37-,38-/m1/s1. The molecule has 5 nitrogen and oxygen atoms in total. The maximum atomic E-state index is 13.7. The Labute approximate surface area is 263 Å². The first-order valence-corrected chi connectivity index (χ1v) is 18.1. The highest BCUT2D eigenvalue weighted by atomic mass is 16.5. The van der Waals surface area contributed by atoms with Gasteiger partial charge in [0, 0.05) is 0 Å². The van der Waals surface area contributed by atoms with Gasteiger partial charge in [0.2, 0.25) is 0 Å². The van der Waals surface area contributed by atoms with Crippen LogP contribution in [0.25, 0.3) is 0 Å². The first-order valence-electron chi connectivity index (χ1n) is 18.1. The zero-order valence-electron chi connectivity index (χ0n) is 29.2. The number of rotatable bonds is 10. The van der Waals surface area contributed by atoms with Crippen LogP contribution in [0.1, 0.15) is 146 Å². The van der Waals surface area contributed by atoms with Gasteiger partial charge in [-0.15, -0.1) is 0 Å². The molecule has 0 amide bonds. The van der Waals surface area contributed by atoms with E-state index in [1.54, 1.807) is 0 Å². The summed E-state index contributed by atoms with van der Waals surface area (Å²) in [5.41, 5.74) is -0.127. The smallest absolute Gasteiger partial charge is 0.311 e.